The monoisotopic (exact) mass is 236 g/mol. The summed E-state index contributed by atoms with van der Waals surface area (Å²) in [7, 11) is 0. The molecule has 0 aliphatic heterocycles. The molecule has 0 bridgehead atoms. The molecular weight excluding hydrogens is 231 g/mol. The lowest BCUT2D eigenvalue weighted by molar-refractivity contribution is 1.35. The van der Waals surface area contributed by atoms with E-state index >= 15 is 0 Å². The molecule has 2 aromatic rings. The van der Waals surface area contributed by atoms with Gasteiger partial charge in [-0.15, -0.1) is 11.6 Å². The zero-order chi connectivity index (χ0) is 10.8. The van der Waals surface area contributed by atoms with Gasteiger partial charge >= 0.3 is 0 Å². The number of benzene rings is 1. The molecule has 0 aliphatic carbocycles. The number of nitrogens with zero attached hydrogens (tertiary/aromatic N) is 2. The smallest absolute Gasteiger partial charge is 0.101 e. The van der Waals surface area contributed by atoms with Gasteiger partial charge in [-0.2, -0.15) is 5.26 Å². The van der Waals surface area contributed by atoms with E-state index in [1.165, 1.54) is 6.20 Å². The third-order valence-electron chi connectivity index (χ3n) is 2.08. The van der Waals surface area contributed by atoms with E-state index in [9.17, 15) is 0 Å². The molecule has 0 aliphatic rings. The molecule has 1 heterocycles. The number of nitriles is 1. The van der Waals surface area contributed by atoms with Crippen LogP contribution in [0.25, 0.3) is 10.9 Å². The first kappa shape index (κ1) is 10.2. The van der Waals surface area contributed by atoms with Crippen LogP contribution < -0.4 is 0 Å². The number of hydrogen-bond acceptors (Lipinski definition) is 2. The molecule has 0 amide bonds. The quantitative estimate of drug-likeness (QED) is 0.711. The molecule has 2 rings (SSSR count). The van der Waals surface area contributed by atoms with Gasteiger partial charge in [0.2, 0.25) is 0 Å². The number of rotatable bonds is 1. The van der Waals surface area contributed by atoms with Crippen LogP contribution in [0, 0.1) is 11.3 Å². The first-order valence-corrected chi connectivity index (χ1v) is 5.20. The molecule has 0 radical (unpaired) electrons. The van der Waals surface area contributed by atoms with Crippen LogP contribution in [0.15, 0.2) is 24.4 Å². The molecule has 15 heavy (non-hydrogen) atoms. The lowest BCUT2D eigenvalue weighted by Gasteiger charge is -2.02. The van der Waals surface area contributed by atoms with Gasteiger partial charge in [-0.25, -0.2) is 0 Å². The van der Waals surface area contributed by atoms with Crippen LogP contribution in [0.5, 0.6) is 0 Å². The minimum absolute atomic E-state index is 0.372. The van der Waals surface area contributed by atoms with Crippen molar-refractivity contribution in [2.75, 3.05) is 0 Å². The van der Waals surface area contributed by atoms with Crippen molar-refractivity contribution in [3.63, 3.8) is 0 Å². The molecule has 74 valence electrons. The summed E-state index contributed by atoms with van der Waals surface area (Å²) in [6.45, 7) is 0. The fraction of sp³-hybridized carbons (Fsp3) is 0.0909. The molecule has 0 spiro atoms. The molecule has 1 aromatic heterocycles. The summed E-state index contributed by atoms with van der Waals surface area (Å²) < 4.78 is 0. The standard InChI is InChI=1S/C11H6Cl2N2/c12-4-7-1-8-3-10(13)6-15-11(8)9(2-7)5-14/h1-3,6H,4H2. The van der Waals surface area contributed by atoms with E-state index in [1.807, 2.05) is 6.07 Å². The Morgan fingerprint density at radius 2 is 2.13 bits per heavy atom. The number of pyridine rings is 1. The predicted molar refractivity (Wildman–Crippen MR) is 61.0 cm³/mol. The van der Waals surface area contributed by atoms with Gasteiger partial charge in [0.15, 0.2) is 0 Å². The van der Waals surface area contributed by atoms with Crippen molar-refractivity contribution in [3.8, 4) is 6.07 Å². The predicted octanol–water partition coefficient (Wildman–Crippen LogP) is 3.50. The zero-order valence-electron chi connectivity index (χ0n) is 7.67. The molecule has 2 nitrogen and oxygen atoms in total. The first-order valence-electron chi connectivity index (χ1n) is 4.29. The Balaban J connectivity index is 2.82. The van der Waals surface area contributed by atoms with Crippen LogP contribution in [0.4, 0.5) is 0 Å². The van der Waals surface area contributed by atoms with Gasteiger partial charge in [0.05, 0.1) is 16.1 Å². The van der Waals surface area contributed by atoms with Gasteiger partial charge in [0.1, 0.15) is 6.07 Å². The van der Waals surface area contributed by atoms with Gasteiger partial charge in [-0.3, -0.25) is 4.98 Å². The summed E-state index contributed by atoms with van der Waals surface area (Å²) in [6, 6.07) is 7.52. The first-order chi connectivity index (χ1) is 7.24. The highest BCUT2D eigenvalue weighted by Gasteiger charge is 2.05. The molecule has 0 saturated carbocycles. The van der Waals surface area contributed by atoms with E-state index in [2.05, 4.69) is 11.1 Å². The Morgan fingerprint density at radius 3 is 2.80 bits per heavy atom. The highest BCUT2D eigenvalue weighted by atomic mass is 35.5. The van der Waals surface area contributed by atoms with E-state index in [0.29, 0.717) is 22.0 Å². The average Bonchev–Trinajstić information content (AvgIpc) is 2.26. The Kier molecular flexibility index (Phi) is 2.77. The lowest BCUT2D eigenvalue weighted by atomic mass is 10.1. The van der Waals surface area contributed by atoms with Gasteiger partial charge in [0, 0.05) is 17.5 Å². The molecule has 4 heteroatoms. The Bertz CT molecular complexity index is 558. The Morgan fingerprint density at radius 1 is 1.33 bits per heavy atom. The van der Waals surface area contributed by atoms with Crippen molar-refractivity contribution in [1.29, 1.82) is 5.26 Å². The highest BCUT2D eigenvalue weighted by molar-refractivity contribution is 6.31. The van der Waals surface area contributed by atoms with E-state index in [0.717, 1.165) is 10.9 Å². The normalized spacial score (nSPS) is 10.2. The summed E-state index contributed by atoms with van der Waals surface area (Å²) >= 11 is 11.6. The van der Waals surface area contributed by atoms with Crippen LogP contribution in [0.2, 0.25) is 5.02 Å². The lowest BCUT2D eigenvalue weighted by Crippen LogP contribution is -1.88. The zero-order valence-corrected chi connectivity index (χ0v) is 9.18. The van der Waals surface area contributed by atoms with E-state index in [4.69, 9.17) is 28.5 Å². The number of alkyl halides is 1. The maximum Gasteiger partial charge on any atom is 0.101 e. The van der Waals surface area contributed by atoms with Gasteiger partial charge in [-0.05, 0) is 23.8 Å². The second-order valence-electron chi connectivity index (χ2n) is 3.11. The summed E-state index contributed by atoms with van der Waals surface area (Å²) in [5.74, 6) is 0.372. The maximum absolute atomic E-state index is 8.96. The molecular formula is C11H6Cl2N2. The molecule has 0 saturated heterocycles. The summed E-state index contributed by atoms with van der Waals surface area (Å²) in [4.78, 5) is 4.13. The van der Waals surface area contributed by atoms with E-state index in [-0.39, 0.29) is 0 Å². The third-order valence-corrected chi connectivity index (χ3v) is 2.60. The summed E-state index contributed by atoms with van der Waals surface area (Å²) in [5, 5.41) is 10.4. The Hall–Kier alpha value is -1.30. The van der Waals surface area contributed by atoms with Crippen LogP contribution >= 0.6 is 23.2 Å². The van der Waals surface area contributed by atoms with Crippen molar-refractivity contribution in [2.45, 2.75) is 5.88 Å². The highest BCUT2D eigenvalue weighted by Crippen LogP contribution is 2.22. The van der Waals surface area contributed by atoms with E-state index in [1.54, 1.807) is 12.1 Å². The molecule has 1 aromatic carbocycles. The van der Waals surface area contributed by atoms with E-state index < -0.39 is 0 Å². The second-order valence-corrected chi connectivity index (χ2v) is 3.82. The summed E-state index contributed by atoms with van der Waals surface area (Å²) in [6.07, 6.45) is 1.53. The van der Waals surface area contributed by atoms with Gasteiger partial charge in [-0.1, -0.05) is 11.6 Å². The van der Waals surface area contributed by atoms with Crippen LogP contribution in [0.3, 0.4) is 0 Å². The average molecular weight is 237 g/mol. The molecule has 0 unspecified atom stereocenters. The maximum atomic E-state index is 8.96. The van der Waals surface area contributed by atoms with Crippen molar-refractivity contribution in [3.05, 3.63) is 40.5 Å². The van der Waals surface area contributed by atoms with Crippen LogP contribution in [-0.2, 0) is 5.88 Å². The third kappa shape index (κ3) is 1.90. The number of halogens is 2. The van der Waals surface area contributed by atoms with Crippen molar-refractivity contribution in [1.82, 2.24) is 4.98 Å². The summed E-state index contributed by atoms with van der Waals surface area (Å²) in [5.41, 5.74) is 2.08. The van der Waals surface area contributed by atoms with Crippen molar-refractivity contribution in [2.24, 2.45) is 0 Å². The molecule has 0 N–H and O–H groups in total. The molecule has 0 fully saturated rings. The fourth-order valence-corrected chi connectivity index (χ4v) is 1.77. The fourth-order valence-electron chi connectivity index (χ4n) is 1.45. The van der Waals surface area contributed by atoms with Crippen molar-refractivity contribution >= 4 is 34.1 Å². The van der Waals surface area contributed by atoms with Crippen LogP contribution in [0.1, 0.15) is 11.1 Å². The minimum Gasteiger partial charge on any atom is -0.253 e. The number of aromatic nitrogens is 1. The van der Waals surface area contributed by atoms with Gasteiger partial charge < -0.3 is 0 Å². The Labute approximate surface area is 97.1 Å². The SMILES string of the molecule is N#Cc1cc(CCl)cc2cc(Cl)cnc12. The topological polar surface area (TPSA) is 36.7 Å². The van der Waals surface area contributed by atoms with Crippen LogP contribution in [-0.4, -0.2) is 4.98 Å². The van der Waals surface area contributed by atoms with Gasteiger partial charge in [0.25, 0.3) is 0 Å². The minimum atomic E-state index is 0.372. The largest absolute Gasteiger partial charge is 0.253 e. The number of hydrogen-bond donors (Lipinski definition) is 0. The molecule has 0 atom stereocenters. The van der Waals surface area contributed by atoms with Crippen molar-refractivity contribution < 1.29 is 0 Å². The number of fused-ring (bicyclic) bond motifs is 1. The second kappa shape index (κ2) is 4.06.